The molecule has 1 amide bonds. The second-order valence-corrected chi connectivity index (χ2v) is 11.2. The molecule has 1 aromatic heterocycles. The fourth-order valence-electron chi connectivity index (χ4n) is 3.45. The van der Waals surface area contributed by atoms with E-state index in [-0.39, 0.29) is 21.4 Å². The number of thiophene rings is 1. The van der Waals surface area contributed by atoms with Crippen molar-refractivity contribution in [3.05, 3.63) is 41.3 Å². The summed E-state index contributed by atoms with van der Waals surface area (Å²) >= 11 is 1.09. The van der Waals surface area contributed by atoms with Crippen LogP contribution in [0.4, 0.5) is 24.5 Å². The first-order chi connectivity index (χ1) is 18.2. The molecule has 11 nitrogen and oxygen atoms in total. The lowest BCUT2D eigenvalue weighted by Gasteiger charge is -2.36. The third-order valence-electron chi connectivity index (χ3n) is 5.42. The Bertz CT molecular complexity index is 1230. The largest absolute Gasteiger partial charge is 0.490 e. The molecule has 4 N–H and O–H groups in total. The van der Waals surface area contributed by atoms with E-state index in [4.69, 9.17) is 9.90 Å². The van der Waals surface area contributed by atoms with Gasteiger partial charge >= 0.3 is 18.1 Å². The Morgan fingerprint density at radius 2 is 1.72 bits per heavy atom. The van der Waals surface area contributed by atoms with Crippen molar-refractivity contribution in [1.29, 1.82) is 0 Å². The van der Waals surface area contributed by atoms with E-state index in [1.807, 2.05) is 4.90 Å². The van der Waals surface area contributed by atoms with E-state index in [0.29, 0.717) is 45.0 Å². The Kier molecular flexibility index (Phi) is 11.5. The molecule has 3 rings (SSSR count). The summed E-state index contributed by atoms with van der Waals surface area (Å²) in [4.78, 5) is 36.5. The van der Waals surface area contributed by atoms with Crippen LogP contribution >= 0.6 is 11.3 Å². The van der Waals surface area contributed by atoms with E-state index in [0.717, 1.165) is 24.2 Å². The quantitative estimate of drug-likeness (QED) is 0.304. The SMILES string of the molecule is CCCCNC(=O)CN1CCN(c2ccc(C(=O)O)cc2NS(=O)(=O)c2cccs2)CC1.O=C(O)C(F)(F)F. The molecule has 1 fully saturated rings. The fraction of sp³-hybridized carbons (Fsp3) is 0.435. The highest BCUT2D eigenvalue weighted by Crippen LogP contribution is 2.31. The normalized spacial score (nSPS) is 14.2. The standard InChI is InChI=1S/C21H28N4O5S2.C2HF3O2/c1-2-3-8-22-19(26)15-24-9-11-25(12-10-24)18-7-6-16(21(27)28)14-17(18)23-32(29,30)20-5-4-13-31-20;3-2(4,5)1(6)7/h4-7,13-14,23H,2-3,8-12,15H2,1H3,(H,22,26)(H,27,28);(H,6,7). The van der Waals surface area contributed by atoms with Crippen LogP contribution in [0.3, 0.4) is 0 Å². The Labute approximate surface area is 227 Å². The summed E-state index contributed by atoms with van der Waals surface area (Å²) in [5, 5.41) is 21.1. The van der Waals surface area contributed by atoms with Crippen LogP contribution in [0.15, 0.2) is 39.9 Å². The minimum absolute atomic E-state index is 0.0000147. The number of carbonyl (C=O) groups excluding carboxylic acids is 1. The van der Waals surface area contributed by atoms with Crippen LogP contribution in [-0.4, -0.2) is 86.8 Å². The van der Waals surface area contributed by atoms with Crippen molar-refractivity contribution < 1.29 is 46.2 Å². The summed E-state index contributed by atoms with van der Waals surface area (Å²) in [6, 6.07) is 7.58. The van der Waals surface area contributed by atoms with Crippen LogP contribution in [0.25, 0.3) is 0 Å². The van der Waals surface area contributed by atoms with Gasteiger partial charge in [0, 0.05) is 32.7 Å². The number of unbranched alkanes of at least 4 members (excludes halogenated alkanes) is 1. The van der Waals surface area contributed by atoms with Gasteiger partial charge in [-0.3, -0.25) is 14.4 Å². The van der Waals surface area contributed by atoms with Crippen LogP contribution in [0, 0.1) is 0 Å². The molecule has 39 heavy (non-hydrogen) atoms. The highest BCUT2D eigenvalue weighted by molar-refractivity contribution is 7.94. The molecule has 1 aromatic carbocycles. The monoisotopic (exact) mass is 594 g/mol. The number of amides is 1. The lowest BCUT2D eigenvalue weighted by Crippen LogP contribution is -2.49. The summed E-state index contributed by atoms with van der Waals surface area (Å²) in [5.41, 5.74) is 0.839. The molecule has 0 spiro atoms. The van der Waals surface area contributed by atoms with E-state index < -0.39 is 28.1 Å². The average Bonchev–Trinajstić information content (AvgIpc) is 3.41. The second-order valence-electron chi connectivity index (χ2n) is 8.34. The van der Waals surface area contributed by atoms with Crippen LogP contribution in [0.5, 0.6) is 0 Å². The van der Waals surface area contributed by atoms with Crippen LogP contribution in [0.1, 0.15) is 30.1 Å². The van der Waals surface area contributed by atoms with Crippen molar-refractivity contribution in [3.8, 4) is 0 Å². The minimum Gasteiger partial charge on any atom is -0.478 e. The van der Waals surface area contributed by atoms with E-state index in [2.05, 4.69) is 21.9 Å². The molecule has 0 radical (unpaired) electrons. The van der Waals surface area contributed by atoms with Crippen LogP contribution < -0.4 is 14.9 Å². The molecule has 0 bridgehead atoms. The number of anilines is 2. The number of aromatic carboxylic acids is 1. The van der Waals surface area contributed by atoms with Gasteiger partial charge in [-0.15, -0.1) is 11.3 Å². The van der Waals surface area contributed by atoms with Crippen LogP contribution in [-0.2, 0) is 19.6 Å². The Hall–Kier alpha value is -3.37. The molecule has 16 heteroatoms. The number of piperazine rings is 1. The van der Waals surface area contributed by atoms with Gasteiger partial charge in [0.2, 0.25) is 5.91 Å². The van der Waals surface area contributed by atoms with Crippen molar-refractivity contribution in [2.75, 3.05) is 48.9 Å². The number of nitrogens with one attached hydrogen (secondary N) is 2. The summed E-state index contributed by atoms with van der Waals surface area (Å²) in [6.07, 6.45) is -3.10. The van der Waals surface area contributed by atoms with Gasteiger partial charge in [0.1, 0.15) is 4.21 Å². The molecule has 1 saturated heterocycles. The Balaban J connectivity index is 0.000000673. The lowest BCUT2D eigenvalue weighted by atomic mass is 10.1. The van der Waals surface area contributed by atoms with Gasteiger partial charge in [-0.2, -0.15) is 13.2 Å². The average molecular weight is 595 g/mol. The summed E-state index contributed by atoms with van der Waals surface area (Å²) in [5.74, 6) is -3.89. The zero-order chi connectivity index (χ0) is 29.2. The molecular formula is C23H29F3N4O7S2. The van der Waals surface area contributed by atoms with E-state index in [9.17, 15) is 36.3 Å². The third-order valence-corrected chi connectivity index (χ3v) is 8.19. The number of carbonyl (C=O) groups is 3. The fourth-order valence-corrected chi connectivity index (χ4v) is 5.51. The molecule has 216 valence electrons. The number of carboxylic acids is 2. The third kappa shape index (κ3) is 10.0. The van der Waals surface area contributed by atoms with Gasteiger partial charge in [-0.05, 0) is 36.1 Å². The number of carboxylic acid groups (broad SMARTS) is 2. The summed E-state index contributed by atoms with van der Waals surface area (Å²) in [7, 11) is -3.83. The molecule has 2 heterocycles. The highest BCUT2D eigenvalue weighted by Gasteiger charge is 2.38. The molecule has 0 unspecified atom stereocenters. The lowest BCUT2D eigenvalue weighted by molar-refractivity contribution is -0.192. The minimum atomic E-state index is -5.08. The zero-order valence-electron chi connectivity index (χ0n) is 20.9. The van der Waals surface area contributed by atoms with Gasteiger partial charge < -0.3 is 20.4 Å². The predicted molar refractivity (Wildman–Crippen MR) is 139 cm³/mol. The van der Waals surface area contributed by atoms with Crippen molar-refractivity contribution in [2.24, 2.45) is 0 Å². The number of alkyl halides is 3. The molecule has 0 atom stereocenters. The molecule has 0 saturated carbocycles. The zero-order valence-corrected chi connectivity index (χ0v) is 22.5. The Morgan fingerprint density at radius 3 is 2.23 bits per heavy atom. The first-order valence-electron chi connectivity index (χ1n) is 11.7. The second kappa shape index (κ2) is 14.1. The van der Waals surface area contributed by atoms with Crippen molar-refractivity contribution in [1.82, 2.24) is 10.2 Å². The van der Waals surface area contributed by atoms with E-state index >= 15 is 0 Å². The molecule has 1 aliphatic rings. The number of sulfonamides is 1. The molecular weight excluding hydrogens is 565 g/mol. The van der Waals surface area contributed by atoms with E-state index in [1.165, 1.54) is 18.2 Å². The maximum Gasteiger partial charge on any atom is 0.490 e. The number of hydrogen-bond acceptors (Lipinski definition) is 8. The first-order valence-corrected chi connectivity index (χ1v) is 14.1. The Morgan fingerprint density at radius 1 is 1.08 bits per heavy atom. The number of hydrogen-bond donors (Lipinski definition) is 4. The van der Waals surface area contributed by atoms with Crippen molar-refractivity contribution in [3.63, 3.8) is 0 Å². The van der Waals surface area contributed by atoms with Gasteiger partial charge in [-0.25, -0.2) is 18.0 Å². The van der Waals surface area contributed by atoms with Crippen molar-refractivity contribution >= 4 is 50.6 Å². The summed E-state index contributed by atoms with van der Waals surface area (Å²) < 4.78 is 59.9. The highest BCUT2D eigenvalue weighted by atomic mass is 32.2. The smallest absolute Gasteiger partial charge is 0.478 e. The number of rotatable bonds is 10. The molecule has 1 aliphatic heterocycles. The van der Waals surface area contributed by atoms with E-state index in [1.54, 1.807) is 17.5 Å². The first kappa shape index (κ1) is 31.8. The van der Waals surface area contributed by atoms with Crippen molar-refractivity contribution in [2.45, 2.75) is 30.2 Å². The van der Waals surface area contributed by atoms with Gasteiger partial charge in [0.25, 0.3) is 10.0 Å². The van der Waals surface area contributed by atoms with Gasteiger partial charge in [0.05, 0.1) is 23.5 Å². The number of nitrogens with zero attached hydrogens (tertiary/aromatic N) is 2. The summed E-state index contributed by atoms with van der Waals surface area (Å²) in [6.45, 7) is 5.53. The van der Waals surface area contributed by atoms with Gasteiger partial charge in [-0.1, -0.05) is 19.4 Å². The van der Waals surface area contributed by atoms with Crippen LogP contribution in [0.2, 0.25) is 0 Å². The van der Waals surface area contributed by atoms with Gasteiger partial charge in [0.15, 0.2) is 0 Å². The number of halogens is 3. The maximum atomic E-state index is 12.7. The topological polar surface area (TPSA) is 156 Å². The molecule has 2 aromatic rings. The maximum absolute atomic E-state index is 12.7. The predicted octanol–water partition coefficient (Wildman–Crippen LogP) is 2.92. The number of benzene rings is 1. The number of aliphatic carboxylic acids is 1. The molecule has 0 aliphatic carbocycles.